The summed E-state index contributed by atoms with van der Waals surface area (Å²) >= 11 is 0. The Bertz CT molecular complexity index is 922. The van der Waals surface area contributed by atoms with Gasteiger partial charge in [-0.1, -0.05) is 0 Å². The largest absolute Gasteiger partial charge is 0.573 e. The topological polar surface area (TPSA) is 86.5 Å². The maximum absolute atomic E-state index is 12.2. The molecule has 0 saturated heterocycles. The number of benzene rings is 2. The highest BCUT2D eigenvalue weighted by Gasteiger charge is 2.30. The fraction of sp³-hybridized carbons (Fsp3) is 0.118. The van der Waals surface area contributed by atoms with Gasteiger partial charge in [-0.3, -0.25) is 0 Å². The van der Waals surface area contributed by atoms with Gasteiger partial charge in [0.2, 0.25) is 0 Å². The summed E-state index contributed by atoms with van der Waals surface area (Å²) in [6, 6.07) is 11.7. The van der Waals surface area contributed by atoms with Gasteiger partial charge >= 0.3 is 12.3 Å². The van der Waals surface area contributed by atoms with E-state index in [9.17, 15) is 18.0 Å². The maximum atomic E-state index is 12.2. The first-order chi connectivity index (χ1) is 12.8. The molecule has 3 rings (SSSR count). The number of aromatic nitrogens is 3. The number of aliphatic carboxylic acids is 1. The third-order valence-corrected chi connectivity index (χ3v) is 3.30. The van der Waals surface area contributed by atoms with Crippen molar-refractivity contribution in [1.82, 2.24) is 14.8 Å². The first-order valence-corrected chi connectivity index (χ1v) is 7.53. The van der Waals surface area contributed by atoms with Gasteiger partial charge in [0, 0.05) is 5.56 Å². The third-order valence-electron chi connectivity index (χ3n) is 3.30. The van der Waals surface area contributed by atoms with Gasteiger partial charge in [0.15, 0.2) is 12.4 Å². The monoisotopic (exact) mass is 379 g/mol. The average Bonchev–Trinajstić information content (AvgIpc) is 3.10. The fourth-order valence-corrected chi connectivity index (χ4v) is 2.17. The number of carbonyl (C=O) groups is 1. The molecule has 0 spiro atoms. The minimum atomic E-state index is -4.75. The van der Waals surface area contributed by atoms with Crippen molar-refractivity contribution in [1.29, 1.82) is 0 Å². The highest BCUT2D eigenvalue weighted by Crippen LogP contribution is 2.24. The summed E-state index contributed by atoms with van der Waals surface area (Å²) in [6.45, 7) is -0.444. The van der Waals surface area contributed by atoms with Crippen molar-refractivity contribution in [2.75, 3.05) is 6.61 Å². The molecule has 27 heavy (non-hydrogen) atoms. The lowest BCUT2D eigenvalue weighted by molar-refractivity contribution is -0.274. The van der Waals surface area contributed by atoms with E-state index in [1.165, 1.54) is 35.3 Å². The molecule has 3 aromatic rings. The predicted octanol–water partition coefficient (Wildman–Crippen LogP) is 3.30. The van der Waals surface area contributed by atoms with Crippen molar-refractivity contribution in [2.45, 2.75) is 6.36 Å². The van der Waals surface area contributed by atoms with E-state index >= 15 is 0 Å². The molecule has 0 amide bonds. The molecule has 0 atom stereocenters. The first kappa shape index (κ1) is 18.2. The van der Waals surface area contributed by atoms with Crippen LogP contribution in [0.15, 0.2) is 54.9 Å². The second kappa shape index (κ2) is 7.36. The normalized spacial score (nSPS) is 11.2. The number of alkyl halides is 3. The van der Waals surface area contributed by atoms with Crippen molar-refractivity contribution in [3.05, 3.63) is 54.9 Å². The van der Waals surface area contributed by atoms with Crippen LogP contribution in [-0.2, 0) is 4.79 Å². The van der Waals surface area contributed by atoms with E-state index in [1.54, 1.807) is 24.3 Å². The molecule has 0 aliphatic carbocycles. The van der Waals surface area contributed by atoms with Crippen LogP contribution in [-0.4, -0.2) is 38.8 Å². The van der Waals surface area contributed by atoms with E-state index in [1.807, 2.05) is 0 Å². The third kappa shape index (κ3) is 4.97. The molecule has 2 aromatic carbocycles. The SMILES string of the molecule is O=C(O)COc1ccc(-c2ncn(-c3ccc(OC(F)(F)F)cc3)n2)cc1. The van der Waals surface area contributed by atoms with Gasteiger partial charge in [-0.15, -0.1) is 18.3 Å². The molecule has 10 heteroatoms. The van der Waals surface area contributed by atoms with E-state index in [2.05, 4.69) is 14.8 Å². The molecule has 0 radical (unpaired) electrons. The molecule has 0 fully saturated rings. The average molecular weight is 379 g/mol. The lowest BCUT2D eigenvalue weighted by atomic mass is 10.2. The molecule has 1 aromatic heterocycles. The number of nitrogens with zero attached hydrogens (tertiary/aromatic N) is 3. The summed E-state index contributed by atoms with van der Waals surface area (Å²) in [4.78, 5) is 14.6. The molecule has 0 aliphatic rings. The van der Waals surface area contributed by atoms with E-state index < -0.39 is 18.9 Å². The van der Waals surface area contributed by atoms with Crippen LogP contribution in [0.25, 0.3) is 17.1 Å². The first-order valence-electron chi connectivity index (χ1n) is 7.53. The van der Waals surface area contributed by atoms with Crippen molar-refractivity contribution in [2.24, 2.45) is 0 Å². The van der Waals surface area contributed by atoms with Crippen LogP contribution in [0, 0.1) is 0 Å². The standard InChI is InChI=1S/C17H12F3N3O4/c18-17(19,20)27-14-7-3-12(4-8-14)23-10-21-16(22-23)11-1-5-13(6-2-11)26-9-15(24)25/h1-8,10H,9H2,(H,24,25). The van der Waals surface area contributed by atoms with E-state index in [0.717, 1.165) is 0 Å². The van der Waals surface area contributed by atoms with Gasteiger partial charge in [-0.2, -0.15) is 0 Å². The highest BCUT2D eigenvalue weighted by atomic mass is 19.4. The van der Waals surface area contributed by atoms with Crippen LogP contribution in [0.5, 0.6) is 11.5 Å². The molecule has 140 valence electrons. The lowest BCUT2D eigenvalue weighted by Gasteiger charge is -2.09. The predicted molar refractivity (Wildman–Crippen MR) is 86.6 cm³/mol. The summed E-state index contributed by atoms with van der Waals surface area (Å²) < 4.78 is 46.8. The number of hydrogen-bond donors (Lipinski definition) is 1. The number of halogens is 3. The summed E-state index contributed by atoms with van der Waals surface area (Å²) in [5, 5.41) is 12.8. The van der Waals surface area contributed by atoms with Crippen LogP contribution in [0.1, 0.15) is 0 Å². The summed E-state index contributed by atoms with van der Waals surface area (Å²) in [5.74, 6) is -0.633. The summed E-state index contributed by atoms with van der Waals surface area (Å²) in [7, 11) is 0. The minimum Gasteiger partial charge on any atom is -0.482 e. The number of hydrogen-bond acceptors (Lipinski definition) is 5. The van der Waals surface area contributed by atoms with Crippen LogP contribution in [0.4, 0.5) is 13.2 Å². The number of rotatable bonds is 6. The van der Waals surface area contributed by atoms with Gasteiger partial charge in [0.25, 0.3) is 0 Å². The second-order valence-corrected chi connectivity index (χ2v) is 5.26. The summed E-state index contributed by atoms with van der Waals surface area (Å²) in [6.07, 6.45) is -3.33. The Hall–Kier alpha value is -3.56. The minimum absolute atomic E-state index is 0.330. The fourth-order valence-electron chi connectivity index (χ4n) is 2.17. The van der Waals surface area contributed by atoms with Gasteiger partial charge in [-0.25, -0.2) is 14.5 Å². The van der Waals surface area contributed by atoms with Crippen LogP contribution in [0.2, 0.25) is 0 Å². The maximum Gasteiger partial charge on any atom is 0.573 e. The van der Waals surface area contributed by atoms with E-state index in [4.69, 9.17) is 9.84 Å². The van der Waals surface area contributed by atoms with Crippen molar-refractivity contribution >= 4 is 5.97 Å². The van der Waals surface area contributed by atoms with Gasteiger partial charge < -0.3 is 14.6 Å². The van der Waals surface area contributed by atoms with E-state index in [0.29, 0.717) is 22.8 Å². The number of ether oxygens (including phenoxy) is 2. The number of carboxylic acid groups (broad SMARTS) is 1. The molecule has 1 N–H and O–H groups in total. The molecule has 7 nitrogen and oxygen atoms in total. The second-order valence-electron chi connectivity index (χ2n) is 5.26. The molecule has 0 unspecified atom stereocenters. The Kier molecular flexibility index (Phi) is 4.97. The molecule has 0 bridgehead atoms. The lowest BCUT2D eigenvalue weighted by Crippen LogP contribution is -2.17. The molecular formula is C17H12F3N3O4. The van der Waals surface area contributed by atoms with Crippen molar-refractivity contribution < 1.29 is 32.5 Å². The Balaban J connectivity index is 1.72. The Labute approximate surface area is 150 Å². The zero-order chi connectivity index (χ0) is 19.4. The van der Waals surface area contributed by atoms with Crippen molar-refractivity contribution in [3.63, 3.8) is 0 Å². The zero-order valence-corrected chi connectivity index (χ0v) is 13.6. The molecule has 1 heterocycles. The van der Waals surface area contributed by atoms with Crippen LogP contribution < -0.4 is 9.47 Å². The Morgan fingerprint density at radius 1 is 1.04 bits per heavy atom. The quantitative estimate of drug-likeness (QED) is 0.707. The van der Waals surface area contributed by atoms with Gasteiger partial charge in [-0.05, 0) is 48.5 Å². The molecule has 0 aliphatic heterocycles. The van der Waals surface area contributed by atoms with Crippen molar-refractivity contribution in [3.8, 4) is 28.6 Å². The smallest absolute Gasteiger partial charge is 0.482 e. The number of carboxylic acids is 1. The van der Waals surface area contributed by atoms with Crippen LogP contribution in [0.3, 0.4) is 0 Å². The zero-order valence-electron chi connectivity index (χ0n) is 13.6. The highest BCUT2D eigenvalue weighted by molar-refractivity contribution is 5.68. The molecule has 0 saturated carbocycles. The molecular weight excluding hydrogens is 367 g/mol. The van der Waals surface area contributed by atoms with E-state index in [-0.39, 0.29) is 5.75 Å². The van der Waals surface area contributed by atoms with Crippen LogP contribution >= 0.6 is 0 Å². The van der Waals surface area contributed by atoms with Gasteiger partial charge in [0.1, 0.15) is 17.8 Å². The summed E-state index contributed by atoms with van der Waals surface area (Å²) in [5.41, 5.74) is 1.16. The van der Waals surface area contributed by atoms with Gasteiger partial charge in [0.05, 0.1) is 5.69 Å². The Morgan fingerprint density at radius 3 is 2.26 bits per heavy atom. The Morgan fingerprint density at radius 2 is 1.67 bits per heavy atom.